The number of alkyl halides is 3. The van der Waals surface area contributed by atoms with E-state index in [0.717, 1.165) is 0 Å². The lowest BCUT2D eigenvalue weighted by Crippen LogP contribution is -2.28. The zero-order valence-electron chi connectivity index (χ0n) is 17.8. The molecule has 3 amide bonds. The number of hydrogen-bond acceptors (Lipinski definition) is 5. The molecule has 0 unspecified atom stereocenters. The molecule has 0 bridgehead atoms. The van der Waals surface area contributed by atoms with Crippen LogP contribution in [0.15, 0.2) is 42.5 Å². The van der Waals surface area contributed by atoms with Crippen LogP contribution in [0, 0.1) is 0 Å². The molecule has 8 nitrogen and oxygen atoms in total. The summed E-state index contributed by atoms with van der Waals surface area (Å²) in [6.07, 6.45) is -4.17. The van der Waals surface area contributed by atoms with Crippen LogP contribution < -0.4 is 25.8 Å². The molecule has 0 atom stereocenters. The number of methoxy groups -OCH3 is 1. The molecule has 4 N–H and O–H groups in total. The number of anilines is 1. The van der Waals surface area contributed by atoms with Gasteiger partial charge in [-0.05, 0) is 36.2 Å². The maximum atomic E-state index is 12.4. The van der Waals surface area contributed by atoms with Gasteiger partial charge in [-0.3, -0.25) is 14.4 Å². The van der Waals surface area contributed by atoms with Crippen molar-refractivity contribution in [3.63, 3.8) is 0 Å². The molecule has 0 heterocycles. The van der Waals surface area contributed by atoms with E-state index in [-0.39, 0.29) is 48.8 Å². The Labute approximate surface area is 188 Å². The Morgan fingerprint density at radius 2 is 1.76 bits per heavy atom. The Bertz CT molecular complexity index is 995. The first-order valence-electron chi connectivity index (χ1n) is 9.91. The van der Waals surface area contributed by atoms with Crippen LogP contribution in [0.4, 0.5) is 18.9 Å². The molecule has 0 aliphatic carbocycles. The lowest BCUT2D eigenvalue weighted by molar-refractivity contribution is -0.153. The summed E-state index contributed by atoms with van der Waals surface area (Å²) in [6.45, 7) is -1.37. The van der Waals surface area contributed by atoms with Crippen molar-refractivity contribution >= 4 is 23.4 Å². The normalized spacial score (nSPS) is 10.9. The summed E-state index contributed by atoms with van der Waals surface area (Å²) in [5.74, 6) is -1.32. The number of benzene rings is 2. The van der Waals surface area contributed by atoms with Gasteiger partial charge in [-0.2, -0.15) is 13.2 Å². The molecule has 0 aliphatic rings. The van der Waals surface area contributed by atoms with Crippen LogP contribution in [0.5, 0.6) is 11.5 Å². The van der Waals surface area contributed by atoms with E-state index in [9.17, 15) is 27.6 Å². The number of primary amides is 1. The van der Waals surface area contributed by atoms with Crippen LogP contribution >= 0.6 is 0 Å². The second kappa shape index (κ2) is 11.7. The number of carbonyl (C=O) groups excluding carboxylic acids is 3. The quantitative estimate of drug-likeness (QED) is 0.470. The van der Waals surface area contributed by atoms with Crippen molar-refractivity contribution in [3.05, 3.63) is 53.6 Å². The Balaban J connectivity index is 1.96. The van der Waals surface area contributed by atoms with Gasteiger partial charge >= 0.3 is 6.18 Å². The molecule has 0 spiro atoms. The average Bonchev–Trinajstić information content (AvgIpc) is 2.76. The second-order valence-corrected chi connectivity index (χ2v) is 6.96. The molecule has 11 heteroatoms. The van der Waals surface area contributed by atoms with E-state index in [1.165, 1.54) is 25.3 Å². The fourth-order valence-corrected chi connectivity index (χ4v) is 2.80. The monoisotopic (exact) mass is 467 g/mol. The van der Waals surface area contributed by atoms with Crippen molar-refractivity contribution < 1.29 is 37.0 Å². The Hall–Kier alpha value is -3.76. The highest BCUT2D eigenvalue weighted by molar-refractivity contribution is 6.03. The summed E-state index contributed by atoms with van der Waals surface area (Å²) in [4.78, 5) is 35.5. The molecular formula is C22H24F3N3O5. The van der Waals surface area contributed by atoms with Crippen molar-refractivity contribution in [2.24, 2.45) is 5.73 Å². The molecule has 33 heavy (non-hydrogen) atoms. The molecule has 2 aromatic rings. The number of amides is 3. The lowest BCUT2D eigenvalue weighted by atomic mass is 10.1. The zero-order chi connectivity index (χ0) is 24.4. The number of carbonyl (C=O) groups is 3. The van der Waals surface area contributed by atoms with Crippen molar-refractivity contribution in [2.75, 3.05) is 25.6 Å². The van der Waals surface area contributed by atoms with Crippen LogP contribution in [0.1, 0.15) is 28.8 Å². The van der Waals surface area contributed by atoms with Crippen LogP contribution in [0.25, 0.3) is 0 Å². The summed E-state index contributed by atoms with van der Waals surface area (Å²) in [5, 5.41) is 5.22. The van der Waals surface area contributed by atoms with E-state index in [1.54, 1.807) is 24.3 Å². The van der Waals surface area contributed by atoms with E-state index >= 15 is 0 Å². The van der Waals surface area contributed by atoms with Gasteiger partial charge in [-0.25, -0.2) is 0 Å². The van der Waals surface area contributed by atoms with Crippen LogP contribution in [-0.2, 0) is 16.0 Å². The number of para-hydroxylation sites is 1. The first-order valence-corrected chi connectivity index (χ1v) is 9.91. The zero-order valence-corrected chi connectivity index (χ0v) is 17.8. The summed E-state index contributed by atoms with van der Waals surface area (Å²) in [5.41, 5.74) is 6.22. The molecule has 0 saturated carbocycles. The third kappa shape index (κ3) is 8.71. The molecule has 0 saturated heterocycles. The van der Waals surface area contributed by atoms with Crippen LogP contribution in [-0.4, -0.2) is 44.2 Å². The minimum Gasteiger partial charge on any atom is -0.493 e. The maximum absolute atomic E-state index is 12.4. The highest BCUT2D eigenvalue weighted by Gasteiger charge is 2.29. The van der Waals surface area contributed by atoms with E-state index in [2.05, 4.69) is 10.6 Å². The smallest absolute Gasteiger partial charge is 0.422 e. The molecule has 2 rings (SSSR count). The molecule has 0 aromatic heterocycles. The summed E-state index contributed by atoms with van der Waals surface area (Å²) >= 11 is 0. The van der Waals surface area contributed by atoms with Crippen LogP contribution in [0.2, 0.25) is 0 Å². The number of halogens is 3. The Morgan fingerprint density at radius 1 is 1.03 bits per heavy atom. The summed E-state index contributed by atoms with van der Waals surface area (Å²) < 4.78 is 46.9. The van der Waals surface area contributed by atoms with Gasteiger partial charge in [0.1, 0.15) is 0 Å². The molecule has 2 aromatic carbocycles. The molecular weight excluding hydrogens is 443 g/mol. The fourth-order valence-electron chi connectivity index (χ4n) is 2.80. The summed E-state index contributed by atoms with van der Waals surface area (Å²) in [6, 6.07) is 10.8. The third-order valence-corrected chi connectivity index (χ3v) is 4.36. The first kappa shape index (κ1) is 25.5. The number of aryl methyl sites for hydroxylation is 1. The van der Waals surface area contributed by atoms with Gasteiger partial charge in [0.15, 0.2) is 18.1 Å². The van der Waals surface area contributed by atoms with Crippen LogP contribution in [0.3, 0.4) is 0 Å². The number of nitrogens with one attached hydrogen (secondary N) is 2. The van der Waals surface area contributed by atoms with Crippen molar-refractivity contribution in [2.45, 2.75) is 25.4 Å². The second-order valence-electron chi connectivity index (χ2n) is 6.96. The molecule has 0 radical (unpaired) electrons. The van der Waals surface area contributed by atoms with Gasteiger partial charge in [-0.1, -0.05) is 18.2 Å². The number of rotatable bonds is 11. The number of hydrogen-bond donors (Lipinski definition) is 3. The van der Waals surface area contributed by atoms with Gasteiger partial charge < -0.3 is 25.8 Å². The number of nitrogens with two attached hydrogens (primary N) is 1. The third-order valence-electron chi connectivity index (χ3n) is 4.36. The standard InChI is InChI=1S/C22H24F3N3O5/c1-32-18-12-14(6-8-17(18)33-13-22(23,24)25)7-9-20(30)28-16-5-3-2-4-15(16)21(31)27-11-10-19(26)29/h2-6,8,12H,7,9-11,13H2,1H3,(H2,26,29)(H,27,31)(H,28,30). The Morgan fingerprint density at radius 3 is 2.42 bits per heavy atom. The fraction of sp³-hybridized carbons (Fsp3) is 0.318. The van der Waals surface area contributed by atoms with E-state index in [0.29, 0.717) is 11.3 Å². The predicted octanol–water partition coefficient (Wildman–Crippen LogP) is 2.81. The maximum Gasteiger partial charge on any atom is 0.422 e. The minimum absolute atomic E-state index is 0.0102. The van der Waals surface area contributed by atoms with Crippen molar-refractivity contribution in [1.29, 1.82) is 0 Å². The van der Waals surface area contributed by atoms with Gasteiger partial charge in [0, 0.05) is 19.4 Å². The molecule has 0 aliphatic heterocycles. The van der Waals surface area contributed by atoms with Crippen molar-refractivity contribution in [1.82, 2.24) is 5.32 Å². The van der Waals surface area contributed by atoms with E-state index in [4.69, 9.17) is 15.2 Å². The van der Waals surface area contributed by atoms with Gasteiger partial charge in [0.25, 0.3) is 5.91 Å². The van der Waals surface area contributed by atoms with Gasteiger partial charge in [0.05, 0.1) is 18.4 Å². The highest BCUT2D eigenvalue weighted by atomic mass is 19.4. The van der Waals surface area contributed by atoms with Gasteiger partial charge in [0.2, 0.25) is 11.8 Å². The topological polar surface area (TPSA) is 120 Å². The average molecular weight is 467 g/mol. The highest BCUT2D eigenvalue weighted by Crippen LogP contribution is 2.30. The first-order chi connectivity index (χ1) is 15.6. The van der Waals surface area contributed by atoms with E-state index in [1.807, 2.05) is 0 Å². The van der Waals surface area contributed by atoms with E-state index < -0.39 is 24.6 Å². The largest absolute Gasteiger partial charge is 0.493 e. The van der Waals surface area contributed by atoms with Gasteiger partial charge in [-0.15, -0.1) is 0 Å². The number of ether oxygens (including phenoxy) is 2. The summed E-state index contributed by atoms with van der Waals surface area (Å²) in [7, 11) is 1.30. The van der Waals surface area contributed by atoms with Crippen molar-refractivity contribution in [3.8, 4) is 11.5 Å². The predicted molar refractivity (Wildman–Crippen MR) is 114 cm³/mol. The lowest BCUT2D eigenvalue weighted by Gasteiger charge is -2.14. The minimum atomic E-state index is -4.48. The Kier molecular flexibility index (Phi) is 9.08. The molecule has 0 fully saturated rings. The SMILES string of the molecule is COc1cc(CCC(=O)Nc2ccccc2C(=O)NCCC(N)=O)ccc1OCC(F)(F)F. The molecule has 178 valence electrons.